The monoisotopic (exact) mass is 454 g/mol. The first-order valence-electron chi connectivity index (χ1n) is 10.0. The van der Waals surface area contributed by atoms with Gasteiger partial charge in [0.2, 0.25) is 11.9 Å². The Kier molecular flexibility index (Phi) is 5.10. The standard InChI is InChI=1S/C20H22N8O3S/c1-9-7-22-12(10(2)16(9)30-3)8-28-17-15-11(26-28)6-13(32-19(15)25-20(21)24-17)18(29)23-14-4-5-31-27-14/h4-5,7,11,13,26H,6,8H2,1-3H3,(H2,21,24,25)(H,23,27,29). The molecule has 32 heavy (non-hydrogen) atoms. The average molecular weight is 455 g/mol. The first-order chi connectivity index (χ1) is 15.4. The van der Waals surface area contributed by atoms with Crippen LogP contribution in [-0.2, 0) is 11.3 Å². The SMILES string of the molecule is COc1c(C)cnc(CN2NC3CC(C(=O)Nc4ccon4)Sc4nc(N)nc2c43)c1C. The highest BCUT2D eigenvalue weighted by Gasteiger charge is 2.42. The molecule has 0 fully saturated rings. The number of anilines is 3. The molecule has 4 N–H and O–H groups in total. The first kappa shape index (κ1) is 20.5. The highest BCUT2D eigenvalue weighted by Crippen LogP contribution is 2.47. The van der Waals surface area contributed by atoms with E-state index in [1.165, 1.54) is 18.0 Å². The number of amides is 1. The van der Waals surface area contributed by atoms with Crippen LogP contribution < -0.4 is 26.2 Å². The number of hydrazine groups is 1. The number of nitrogens with zero attached hydrogens (tertiary/aromatic N) is 5. The fourth-order valence-electron chi connectivity index (χ4n) is 4.08. The number of pyridine rings is 1. The second-order valence-corrected chi connectivity index (χ2v) is 8.85. The van der Waals surface area contributed by atoms with Crippen LogP contribution in [0.15, 0.2) is 28.1 Å². The van der Waals surface area contributed by atoms with Gasteiger partial charge in [0.05, 0.1) is 30.6 Å². The molecular formula is C20H22N8O3S. The Morgan fingerprint density at radius 2 is 2.28 bits per heavy atom. The predicted molar refractivity (Wildman–Crippen MR) is 118 cm³/mol. The second kappa shape index (κ2) is 7.95. The van der Waals surface area contributed by atoms with Crippen LogP contribution in [0.5, 0.6) is 5.75 Å². The number of ether oxygens (including phenoxy) is 1. The molecule has 2 atom stereocenters. The predicted octanol–water partition coefficient (Wildman–Crippen LogP) is 2.14. The minimum absolute atomic E-state index is 0.123. The number of aryl methyl sites for hydroxylation is 1. The molecule has 2 aliphatic heterocycles. The average Bonchev–Trinajstić information content (AvgIpc) is 3.39. The summed E-state index contributed by atoms with van der Waals surface area (Å²) < 4.78 is 10.3. The van der Waals surface area contributed by atoms with Crippen LogP contribution in [0.4, 0.5) is 17.6 Å². The van der Waals surface area contributed by atoms with Gasteiger partial charge in [0.1, 0.15) is 17.0 Å². The molecule has 2 unspecified atom stereocenters. The van der Waals surface area contributed by atoms with Gasteiger partial charge in [-0.3, -0.25) is 14.8 Å². The van der Waals surface area contributed by atoms with E-state index in [1.807, 2.05) is 18.9 Å². The molecule has 1 amide bonds. The van der Waals surface area contributed by atoms with Crippen LogP contribution in [0.25, 0.3) is 0 Å². The number of thioether (sulfide) groups is 1. The maximum Gasteiger partial charge on any atom is 0.239 e. The summed E-state index contributed by atoms with van der Waals surface area (Å²) in [4.78, 5) is 26.3. The molecule has 0 aromatic carbocycles. The van der Waals surface area contributed by atoms with Crippen LogP contribution in [0, 0.1) is 13.8 Å². The third-order valence-corrected chi connectivity index (χ3v) is 6.79. The van der Waals surface area contributed by atoms with Gasteiger partial charge in [-0.2, -0.15) is 4.98 Å². The number of nitrogens with one attached hydrogen (secondary N) is 2. The van der Waals surface area contributed by atoms with Gasteiger partial charge in [0.15, 0.2) is 11.6 Å². The summed E-state index contributed by atoms with van der Waals surface area (Å²) in [6, 6.07) is 1.47. The zero-order valence-corrected chi connectivity index (χ0v) is 18.6. The number of methoxy groups -OCH3 is 1. The van der Waals surface area contributed by atoms with Gasteiger partial charge < -0.3 is 20.3 Å². The number of carbonyl (C=O) groups is 1. The highest BCUT2D eigenvalue weighted by molar-refractivity contribution is 8.00. The zero-order chi connectivity index (χ0) is 22.4. The van der Waals surface area contributed by atoms with E-state index in [2.05, 4.69) is 30.9 Å². The van der Waals surface area contributed by atoms with E-state index < -0.39 is 0 Å². The van der Waals surface area contributed by atoms with E-state index in [1.54, 1.807) is 19.4 Å². The van der Waals surface area contributed by atoms with E-state index in [0.717, 1.165) is 28.1 Å². The Morgan fingerprint density at radius 3 is 3.03 bits per heavy atom. The maximum atomic E-state index is 12.8. The molecule has 12 heteroatoms. The topological polar surface area (TPSA) is 144 Å². The lowest BCUT2D eigenvalue weighted by Gasteiger charge is -2.26. The largest absolute Gasteiger partial charge is 0.496 e. The van der Waals surface area contributed by atoms with Gasteiger partial charge in [0, 0.05) is 29.0 Å². The summed E-state index contributed by atoms with van der Waals surface area (Å²) in [6.45, 7) is 4.41. The van der Waals surface area contributed by atoms with Crippen LogP contribution in [0.2, 0.25) is 0 Å². The van der Waals surface area contributed by atoms with Crippen LogP contribution in [0.3, 0.4) is 0 Å². The van der Waals surface area contributed by atoms with Gasteiger partial charge in [-0.15, -0.1) is 0 Å². The quantitative estimate of drug-likeness (QED) is 0.488. The van der Waals surface area contributed by atoms with Crippen LogP contribution in [0.1, 0.15) is 34.8 Å². The molecule has 0 aliphatic carbocycles. The van der Waals surface area contributed by atoms with Crippen LogP contribution >= 0.6 is 11.8 Å². The number of nitrogens with two attached hydrogens (primary N) is 1. The van der Waals surface area contributed by atoms with E-state index in [-0.39, 0.29) is 23.1 Å². The Balaban J connectivity index is 1.42. The zero-order valence-electron chi connectivity index (χ0n) is 17.7. The van der Waals surface area contributed by atoms with Crippen molar-refractivity contribution >= 4 is 35.3 Å². The van der Waals surface area contributed by atoms with Crippen molar-refractivity contribution < 1.29 is 14.1 Å². The number of hydrogen-bond donors (Lipinski definition) is 3. The third-order valence-electron chi connectivity index (χ3n) is 5.57. The Hall–Kier alpha value is -3.38. The number of hydrogen-bond acceptors (Lipinski definition) is 11. The van der Waals surface area contributed by atoms with Crippen molar-refractivity contribution in [3.63, 3.8) is 0 Å². The molecule has 5 heterocycles. The third kappa shape index (κ3) is 3.50. The normalized spacial score (nSPS) is 19.0. The molecule has 0 radical (unpaired) electrons. The first-order valence-corrected chi connectivity index (χ1v) is 10.9. The van der Waals surface area contributed by atoms with Gasteiger partial charge in [-0.05, 0) is 20.3 Å². The molecule has 5 rings (SSSR count). The summed E-state index contributed by atoms with van der Waals surface area (Å²) >= 11 is 1.37. The van der Waals surface area contributed by atoms with Crippen molar-refractivity contribution in [1.29, 1.82) is 0 Å². The van der Waals surface area contributed by atoms with Crippen molar-refractivity contribution in [2.24, 2.45) is 0 Å². The summed E-state index contributed by atoms with van der Waals surface area (Å²) in [5.41, 5.74) is 13.2. The van der Waals surface area contributed by atoms with Gasteiger partial charge in [0.25, 0.3) is 0 Å². The molecule has 3 aromatic rings. The van der Waals surface area contributed by atoms with E-state index in [0.29, 0.717) is 29.6 Å². The minimum Gasteiger partial charge on any atom is -0.496 e. The van der Waals surface area contributed by atoms with E-state index in [4.69, 9.17) is 15.0 Å². The van der Waals surface area contributed by atoms with Crippen molar-refractivity contribution in [1.82, 2.24) is 25.5 Å². The smallest absolute Gasteiger partial charge is 0.239 e. The molecule has 2 aliphatic rings. The second-order valence-electron chi connectivity index (χ2n) is 7.65. The summed E-state index contributed by atoms with van der Waals surface area (Å²) in [6.07, 6.45) is 3.76. The van der Waals surface area contributed by atoms with Crippen molar-refractivity contribution in [3.05, 3.63) is 40.9 Å². The summed E-state index contributed by atoms with van der Waals surface area (Å²) in [5.74, 6) is 1.89. The minimum atomic E-state index is -0.377. The Morgan fingerprint density at radius 1 is 1.44 bits per heavy atom. The fraction of sp³-hybridized carbons (Fsp3) is 0.350. The molecule has 0 spiro atoms. The molecular weight excluding hydrogens is 432 g/mol. The molecule has 0 bridgehead atoms. The van der Waals surface area contributed by atoms with Crippen molar-refractivity contribution in [2.75, 3.05) is 23.2 Å². The van der Waals surface area contributed by atoms with Gasteiger partial charge in [-0.1, -0.05) is 16.9 Å². The summed E-state index contributed by atoms with van der Waals surface area (Å²) in [5, 5.41) is 8.76. The van der Waals surface area contributed by atoms with Crippen LogP contribution in [-0.4, -0.2) is 38.4 Å². The van der Waals surface area contributed by atoms with Gasteiger partial charge >= 0.3 is 0 Å². The molecule has 0 saturated carbocycles. The number of rotatable bonds is 5. The lowest BCUT2D eigenvalue weighted by atomic mass is 10.0. The fourth-order valence-corrected chi connectivity index (χ4v) is 5.31. The van der Waals surface area contributed by atoms with Gasteiger partial charge in [-0.25, -0.2) is 10.4 Å². The molecule has 0 saturated heterocycles. The number of nitrogen functional groups attached to an aromatic ring is 1. The molecule has 3 aromatic heterocycles. The van der Waals surface area contributed by atoms with E-state index in [9.17, 15) is 4.79 Å². The maximum absolute atomic E-state index is 12.8. The van der Waals surface area contributed by atoms with Crippen molar-refractivity contribution in [2.45, 2.75) is 43.1 Å². The Bertz CT molecular complexity index is 1190. The van der Waals surface area contributed by atoms with E-state index >= 15 is 0 Å². The highest BCUT2D eigenvalue weighted by atomic mass is 32.2. The number of aromatic nitrogens is 4. The lowest BCUT2D eigenvalue weighted by molar-refractivity contribution is -0.116. The lowest BCUT2D eigenvalue weighted by Crippen LogP contribution is -2.38. The van der Waals surface area contributed by atoms with Crippen molar-refractivity contribution in [3.8, 4) is 5.75 Å². The molecule has 166 valence electrons. The Labute approximate surface area is 188 Å². The number of carbonyl (C=O) groups excluding carboxylic acids is 1. The summed E-state index contributed by atoms with van der Waals surface area (Å²) in [7, 11) is 1.66. The molecule has 11 nitrogen and oxygen atoms in total.